The van der Waals surface area contributed by atoms with E-state index in [9.17, 15) is 19.7 Å². The number of methoxy groups -OCH3 is 1. The molecule has 3 aromatic rings. The van der Waals surface area contributed by atoms with Gasteiger partial charge in [-0.2, -0.15) is 0 Å². The minimum absolute atomic E-state index is 0.00118. The number of nitro benzene ring substituents is 1. The first-order chi connectivity index (χ1) is 14.9. The standard InChI is InChI=1S/C21H16BrN3O6/c1-30-16-8-4-14(5-9-16)23-20(26)17(24-21(27)18-10-11-19(22)31-18)12-13-2-6-15(7-3-13)25(28)29/h2-12H,1H3,(H,23,26)(H,24,27). The molecule has 9 nitrogen and oxygen atoms in total. The highest BCUT2D eigenvalue weighted by Gasteiger charge is 2.18. The van der Waals surface area contributed by atoms with Gasteiger partial charge in [0, 0.05) is 17.8 Å². The van der Waals surface area contributed by atoms with Gasteiger partial charge in [0.1, 0.15) is 11.4 Å². The van der Waals surface area contributed by atoms with Gasteiger partial charge in [0.05, 0.1) is 12.0 Å². The molecule has 3 rings (SSSR count). The van der Waals surface area contributed by atoms with E-state index in [0.717, 1.165) is 0 Å². The van der Waals surface area contributed by atoms with Crippen LogP contribution >= 0.6 is 15.9 Å². The van der Waals surface area contributed by atoms with Crippen LogP contribution in [0, 0.1) is 10.1 Å². The molecule has 0 spiro atoms. The van der Waals surface area contributed by atoms with Crippen LogP contribution in [-0.4, -0.2) is 23.8 Å². The van der Waals surface area contributed by atoms with Gasteiger partial charge >= 0.3 is 0 Å². The van der Waals surface area contributed by atoms with E-state index in [1.807, 2.05) is 0 Å². The molecule has 0 bridgehead atoms. The summed E-state index contributed by atoms with van der Waals surface area (Å²) in [5, 5.41) is 16.0. The summed E-state index contributed by atoms with van der Waals surface area (Å²) in [4.78, 5) is 35.7. The Kier molecular flexibility index (Phi) is 6.83. The zero-order valence-electron chi connectivity index (χ0n) is 16.1. The normalized spacial score (nSPS) is 11.0. The van der Waals surface area contributed by atoms with Crippen molar-refractivity contribution in [2.45, 2.75) is 0 Å². The van der Waals surface area contributed by atoms with Crippen LogP contribution < -0.4 is 15.4 Å². The summed E-state index contributed by atoms with van der Waals surface area (Å²) >= 11 is 3.12. The van der Waals surface area contributed by atoms with Crippen molar-refractivity contribution in [1.29, 1.82) is 0 Å². The molecule has 0 radical (unpaired) electrons. The second-order valence-corrected chi connectivity index (χ2v) is 6.93. The fourth-order valence-corrected chi connectivity index (χ4v) is 2.82. The maximum Gasteiger partial charge on any atom is 0.291 e. The molecular weight excluding hydrogens is 470 g/mol. The Bertz CT molecular complexity index is 1140. The van der Waals surface area contributed by atoms with Crippen molar-refractivity contribution in [2.24, 2.45) is 0 Å². The minimum atomic E-state index is -0.635. The summed E-state index contributed by atoms with van der Waals surface area (Å²) in [6.07, 6.45) is 1.40. The molecule has 0 aliphatic carbocycles. The lowest BCUT2D eigenvalue weighted by atomic mass is 10.1. The molecule has 1 heterocycles. The molecule has 158 valence electrons. The zero-order valence-corrected chi connectivity index (χ0v) is 17.7. The quantitative estimate of drug-likeness (QED) is 0.291. The third-order valence-electron chi connectivity index (χ3n) is 4.05. The van der Waals surface area contributed by atoms with Gasteiger partial charge in [-0.25, -0.2) is 0 Å². The van der Waals surface area contributed by atoms with E-state index in [1.165, 1.54) is 43.5 Å². The van der Waals surface area contributed by atoms with Gasteiger partial charge in [-0.05, 0) is 76.1 Å². The topological polar surface area (TPSA) is 124 Å². The summed E-state index contributed by atoms with van der Waals surface area (Å²) < 4.78 is 10.7. The molecule has 0 saturated heterocycles. The van der Waals surface area contributed by atoms with Crippen molar-refractivity contribution in [3.63, 3.8) is 0 Å². The predicted molar refractivity (Wildman–Crippen MR) is 117 cm³/mol. The van der Waals surface area contributed by atoms with Crippen molar-refractivity contribution in [3.8, 4) is 5.75 Å². The van der Waals surface area contributed by atoms with E-state index >= 15 is 0 Å². The molecule has 0 atom stereocenters. The number of nitrogens with zero attached hydrogens (tertiary/aromatic N) is 1. The van der Waals surface area contributed by atoms with Gasteiger partial charge in [-0.3, -0.25) is 19.7 Å². The molecule has 0 aliphatic rings. The van der Waals surface area contributed by atoms with Crippen molar-refractivity contribution in [2.75, 3.05) is 12.4 Å². The molecule has 0 aliphatic heterocycles. The van der Waals surface area contributed by atoms with Gasteiger partial charge in [-0.1, -0.05) is 0 Å². The van der Waals surface area contributed by atoms with Gasteiger partial charge in [-0.15, -0.1) is 0 Å². The Morgan fingerprint density at radius 1 is 1.06 bits per heavy atom. The Labute approximate surface area is 185 Å². The molecule has 0 saturated carbocycles. The summed E-state index contributed by atoms with van der Waals surface area (Å²) in [6.45, 7) is 0. The van der Waals surface area contributed by atoms with Crippen molar-refractivity contribution < 1.29 is 23.7 Å². The largest absolute Gasteiger partial charge is 0.497 e. The molecule has 31 heavy (non-hydrogen) atoms. The van der Waals surface area contributed by atoms with Crippen LogP contribution in [0.1, 0.15) is 16.1 Å². The molecule has 2 N–H and O–H groups in total. The average Bonchev–Trinajstić information content (AvgIpc) is 3.20. The van der Waals surface area contributed by atoms with Gasteiger partial charge < -0.3 is 19.8 Å². The van der Waals surface area contributed by atoms with Crippen LogP contribution in [0.2, 0.25) is 0 Å². The SMILES string of the molecule is COc1ccc(NC(=O)C(=Cc2ccc([N+](=O)[O-])cc2)NC(=O)c2ccc(Br)o2)cc1. The van der Waals surface area contributed by atoms with Crippen LogP contribution in [-0.2, 0) is 4.79 Å². The van der Waals surface area contributed by atoms with Crippen molar-refractivity contribution in [1.82, 2.24) is 5.32 Å². The second kappa shape index (κ2) is 9.72. The maximum absolute atomic E-state index is 12.8. The second-order valence-electron chi connectivity index (χ2n) is 6.15. The molecule has 10 heteroatoms. The Hall–Kier alpha value is -3.92. The molecule has 1 aromatic heterocycles. The number of halogens is 1. The molecule has 2 aromatic carbocycles. The number of carbonyl (C=O) groups excluding carboxylic acids is 2. The third kappa shape index (κ3) is 5.80. The first-order valence-electron chi connectivity index (χ1n) is 8.84. The average molecular weight is 486 g/mol. The highest BCUT2D eigenvalue weighted by Crippen LogP contribution is 2.18. The number of ether oxygens (including phenoxy) is 1. The van der Waals surface area contributed by atoms with E-state index in [1.54, 1.807) is 30.3 Å². The van der Waals surface area contributed by atoms with Crippen LogP contribution in [0.5, 0.6) is 5.75 Å². The summed E-state index contributed by atoms with van der Waals surface area (Å²) in [5.41, 5.74) is 0.787. The van der Waals surface area contributed by atoms with Crippen LogP contribution in [0.25, 0.3) is 6.08 Å². The zero-order chi connectivity index (χ0) is 22.4. The van der Waals surface area contributed by atoms with Crippen LogP contribution in [0.3, 0.4) is 0 Å². The van der Waals surface area contributed by atoms with E-state index in [4.69, 9.17) is 9.15 Å². The summed E-state index contributed by atoms with van der Waals surface area (Å²) in [5.74, 6) is -0.610. The fraction of sp³-hybridized carbons (Fsp3) is 0.0476. The number of nitrogens with one attached hydrogen (secondary N) is 2. The van der Waals surface area contributed by atoms with E-state index in [-0.39, 0.29) is 17.1 Å². The molecule has 2 amide bonds. The van der Waals surface area contributed by atoms with E-state index in [0.29, 0.717) is 21.7 Å². The van der Waals surface area contributed by atoms with Gasteiger partial charge in [0.25, 0.3) is 17.5 Å². The number of rotatable bonds is 7. The smallest absolute Gasteiger partial charge is 0.291 e. The number of hydrogen-bond acceptors (Lipinski definition) is 6. The molecule has 0 fully saturated rings. The minimum Gasteiger partial charge on any atom is -0.497 e. The molecule has 0 unspecified atom stereocenters. The number of furan rings is 1. The highest BCUT2D eigenvalue weighted by atomic mass is 79.9. The van der Waals surface area contributed by atoms with E-state index in [2.05, 4.69) is 26.6 Å². The first-order valence-corrected chi connectivity index (χ1v) is 9.63. The van der Waals surface area contributed by atoms with Crippen molar-refractivity contribution >= 4 is 45.2 Å². The predicted octanol–water partition coefficient (Wildman–Crippen LogP) is 4.37. The summed E-state index contributed by atoms with van der Waals surface area (Å²) in [6, 6.07) is 15.2. The third-order valence-corrected chi connectivity index (χ3v) is 4.48. The lowest BCUT2D eigenvalue weighted by Gasteiger charge is -2.11. The number of hydrogen-bond donors (Lipinski definition) is 2. The lowest BCUT2D eigenvalue weighted by Crippen LogP contribution is -2.30. The number of nitro groups is 1. The van der Waals surface area contributed by atoms with Gasteiger partial charge in [0.15, 0.2) is 10.4 Å². The van der Waals surface area contributed by atoms with Crippen LogP contribution in [0.4, 0.5) is 11.4 Å². The highest BCUT2D eigenvalue weighted by molar-refractivity contribution is 9.10. The number of carbonyl (C=O) groups is 2. The lowest BCUT2D eigenvalue weighted by molar-refractivity contribution is -0.384. The monoisotopic (exact) mass is 485 g/mol. The summed E-state index contributed by atoms with van der Waals surface area (Å²) in [7, 11) is 1.53. The van der Waals surface area contributed by atoms with Gasteiger partial charge in [0.2, 0.25) is 0 Å². The number of anilines is 1. The number of amides is 2. The number of non-ortho nitro benzene ring substituents is 1. The maximum atomic E-state index is 12.8. The Morgan fingerprint density at radius 3 is 2.29 bits per heavy atom. The Morgan fingerprint density at radius 2 is 1.74 bits per heavy atom. The van der Waals surface area contributed by atoms with E-state index < -0.39 is 16.7 Å². The van der Waals surface area contributed by atoms with Crippen molar-refractivity contribution in [3.05, 3.63) is 92.5 Å². The van der Waals surface area contributed by atoms with Crippen LogP contribution in [0.15, 0.2) is 75.4 Å². The fourth-order valence-electron chi connectivity index (χ4n) is 2.51. The molecular formula is C21H16BrN3O6. The first kappa shape index (κ1) is 21.8. The Balaban J connectivity index is 1.87. The number of benzene rings is 2.